The van der Waals surface area contributed by atoms with Crippen molar-refractivity contribution in [3.63, 3.8) is 0 Å². The minimum Gasteiger partial charge on any atom is -0.487 e. The van der Waals surface area contributed by atoms with E-state index >= 15 is 0 Å². The Morgan fingerprint density at radius 2 is 1.95 bits per heavy atom. The number of aliphatic hydroxyl groups is 1. The Balaban J connectivity index is 1.47. The van der Waals surface area contributed by atoms with Crippen molar-refractivity contribution in [1.29, 1.82) is 0 Å². The number of hydrogen-bond acceptors (Lipinski definition) is 5. The number of hydrogen-bond donors (Lipinski definition) is 2. The first-order valence-corrected chi connectivity index (χ1v) is 12.5. The quantitative estimate of drug-likeness (QED) is 0.439. The summed E-state index contributed by atoms with van der Waals surface area (Å²) in [4.78, 5) is 31.3. The number of benzene rings is 2. The predicted molar refractivity (Wildman–Crippen MR) is 137 cm³/mol. The Labute approximate surface area is 216 Å². The molecule has 0 radical (unpaired) electrons. The van der Waals surface area contributed by atoms with Crippen LogP contribution in [0.3, 0.4) is 0 Å². The van der Waals surface area contributed by atoms with E-state index in [-0.39, 0.29) is 24.8 Å². The average molecular weight is 506 g/mol. The second-order valence-corrected chi connectivity index (χ2v) is 9.40. The number of amides is 2. The van der Waals surface area contributed by atoms with Gasteiger partial charge in [-0.1, -0.05) is 36.4 Å². The van der Waals surface area contributed by atoms with E-state index in [1.54, 1.807) is 23.2 Å². The molecule has 1 fully saturated rings. The van der Waals surface area contributed by atoms with Crippen LogP contribution in [-0.4, -0.2) is 45.5 Å². The van der Waals surface area contributed by atoms with Crippen LogP contribution in [0, 0.1) is 11.7 Å². The van der Waals surface area contributed by atoms with E-state index in [2.05, 4.69) is 10.3 Å². The van der Waals surface area contributed by atoms with E-state index in [0.29, 0.717) is 36.5 Å². The van der Waals surface area contributed by atoms with Gasteiger partial charge >= 0.3 is 0 Å². The summed E-state index contributed by atoms with van der Waals surface area (Å²) in [5.74, 6) is -1.32. The van der Waals surface area contributed by atoms with Gasteiger partial charge < -0.3 is 20.1 Å². The van der Waals surface area contributed by atoms with E-state index in [1.807, 2.05) is 42.5 Å². The molecule has 1 aliphatic rings. The summed E-state index contributed by atoms with van der Waals surface area (Å²) in [6.07, 6.45) is 1.93. The van der Waals surface area contributed by atoms with Gasteiger partial charge in [0.1, 0.15) is 18.2 Å². The Bertz CT molecular complexity index is 1190. The highest BCUT2D eigenvalue weighted by molar-refractivity contribution is 5.80. The van der Waals surface area contributed by atoms with E-state index in [1.165, 1.54) is 19.1 Å². The van der Waals surface area contributed by atoms with E-state index in [9.17, 15) is 19.1 Å². The van der Waals surface area contributed by atoms with Gasteiger partial charge in [-0.3, -0.25) is 14.6 Å². The topological polar surface area (TPSA) is 91.8 Å². The molecular formula is C29H32FN3O4. The van der Waals surface area contributed by atoms with Gasteiger partial charge in [0.05, 0.1) is 23.8 Å². The lowest BCUT2D eigenvalue weighted by Gasteiger charge is -2.37. The molecule has 2 aromatic carbocycles. The van der Waals surface area contributed by atoms with Gasteiger partial charge in [0.15, 0.2) is 0 Å². The first kappa shape index (κ1) is 26.3. The normalized spacial score (nSPS) is 17.2. The molecule has 2 heterocycles. The summed E-state index contributed by atoms with van der Waals surface area (Å²) < 4.78 is 20.2. The van der Waals surface area contributed by atoms with Crippen LogP contribution in [0.2, 0.25) is 0 Å². The maximum absolute atomic E-state index is 14.4. The standard InChI is InChI=1S/C29H32FN3O4/c1-20(34)32-27(16-22-14-23(30)17-25(15-22)37-19-24-10-5-6-12-31-24)28(35)26-11-7-13-33(29(26)36)18-21-8-3-2-4-9-21/h2-6,8-10,12,14-15,17,26-28,35H,7,11,13,16,18-19H2,1H3,(H,32,34)/t26-,27-,28+/m0/s1. The van der Waals surface area contributed by atoms with Crippen molar-refractivity contribution in [2.24, 2.45) is 5.92 Å². The molecule has 0 bridgehead atoms. The SMILES string of the molecule is CC(=O)N[C@@H](Cc1cc(F)cc(OCc2ccccn2)c1)[C@H](O)[C@@H]1CCCN(Cc2ccccc2)C1=O. The second-order valence-electron chi connectivity index (χ2n) is 9.40. The Kier molecular flexibility index (Phi) is 8.85. The fourth-order valence-electron chi connectivity index (χ4n) is 4.76. The zero-order valence-electron chi connectivity index (χ0n) is 20.8. The van der Waals surface area contributed by atoms with E-state index < -0.39 is 23.9 Å². The van der Waals surface area contributed by atoms with Crippen molar-refractivity contribution in [1.82, 2.24) is 15.2 Å². The molecule has 0 saturated carbocycles. The Hall–Kier alpha value is -3.78. The monoisotopic (exact) mass is 505 g/mol. The van der Waals surface area contributed by atoms with Crippen LogP contribution in [0.25, 0.3) is 0 Å². The lowest BCUT2D eigenvalue weighted by atomic mass is 9.85. The highest BCUT2D eigenvalue weighted by atomic mass is 19.1. The number of aliphatic hydroxyl groups excluding tert-OH is 1. The molecule has 1 saturated heterocycles. The molecule has 3 atom stereocenters. The number of likely N-dealkylation sites (tertiary alicyclic amines) is 1. The van der Waals surface area contributed by atoms with Gasteiger partial charge in [-0.25, -0.2) is 4.39 Å². The third-order valence-electron chi connectivity index (χ3n) is 6.50. The van der Waals surface area contributed by atoms with Gasteiger partial charge in [0, 0.05) is 32.3 Å². The number of carbonyl (C=O) groups is 2. The molecule has 8 heteroatoms. The first-order chi connectivity index (χ1) is 17.9. The van der Waals surface area contributed by atoms with Crippen LogP contribution in [-0.2, 0) is 29.2 Å². The number of halogens is 1. The van der Waals surface area contributed by atoms with Crippen molar-refractivity contribution in [2.75, 3.05) is 6.54 Å². The Morgan fingerprint density at radius 3 is 2.68 bits per heavy atom. The highest BCUT2D eigenvalue weighted by Crippen LogP contribution is 2.27. The first-order valence-electron chi connectivity index (χ1n) is 12.5. The van der Waals surface area contributed by atoms with Crippen molar-refractivity contribution in [2.45, 2.75) is 51.5 Å². The molecule has 0 unspecified atom stereocenters. The number of ether oxygens (including phenoxy) is 1. The number of carbonyl (C=O) groups excluding carboxylic acids is 2. The predicted octanol–water partition coefficient (Wildman–Crippen LogP) is 3.65. The molecular weight excluding hydrogens is 473 g/mol. The van der Waals surface area contributed by atoms with Gasteiger partial charge in [-0.05, 0) is 54.7 Å². The number of rotatable bonds is 10. The largest absolute Gasteiger partial charge is 0.487 e. The van der Waals surface area contributed by atoms with Gasteiger partial charge in [-0.2, -0.15) is 0 Å². The fraction of sp³-hybridized carbons (Fsp3) is 0.345. The van der Waals surface area contributed by atoms with Gasteiger partial charge in [0.2, 0.25) is 11.8 Å². The van der Waals surface area contributed by atoms with Crippen LogP contribution in [0.15, 0.2) is 72.9 Å². The lowest BCUT2D eigenvalue weighted by Crippen LogP contribution is -2.53. The van der Waals surface area contributed by atoms with E-state index in [4.69, 9.17) is 4.74 Å². The Morgan fingerprint density at radius 1 is 1.16 bits per heavy atom. The number of aromatic nitrogens is 1. The lowest BCUT2D eigenvalue weighted by molar-refractivity contribution is -0.145. The minimum atomic E-state index is -1.13. The highest BCUT2D eigenvalue weighted by Gasteiger charge is 2.38. The number of pyridine rings is 1. The van der Waals surface area contributed by atoms with Gasteiger partial charge in [-0.15, -0.1) is 0 Å². The summed E-state index contributed by atoms with van der Waals surface area (Å²) in [6, 6.07) is 18.7. The number of piperidine rings is 1. The third-order valence-corrected chi connectivity index (χ3v) is 6.50. The van der Waals surface area contributed by atoms with E-state index in [0.717, 1.165) is 12.0 Å². The summed E-state index contributed by atoms with van der Waals surface area (Å²) in [5.41, 5.74) is 2.26. The molecule has 194 valence electrons. The summed E-state index contributed by atoms with van der Waals surface area (Å²) in [7, 11) is 0. The van der Waals surface area contributed by atoms with Crippen molar-refractivity contribution >= 4 is 11.8 Å². The van der Waals surface area contributed by atoms with Crippen LogP contribution >= 0.6 is 0 Å². The number of nitrogens with zero attached hydrogens (tertiary/aromatic N) is 2. The summed E-state index contributed by atoms with van der Waals surface area (Å²) in [5, 5.41) is 14.1. The smallest absolute Gasteiger partial charge is 0.228 e. The van der Waals surface area contributed by atoms with Crippen LogP contribution in [0.4, 0.5) is 4.39 Å². The molecule has 2 amide bonds. The van der Waals surface area contributed by atoms with Crippen molar-refractivity contribution in [3.8, 4) is 5.75 Å². The molecule has 1 aliphatic heterocycles. The summed E-state index contributed by atoms with van der Waals surface area (Å²) in [6.45, 7) is 2.61. The average Bonchev–Trinajstić information content (AvgIpc) is 2.89. The number of nitrogens with one attached hydrogen (secondary N) is 1. The molecule has 7 nitrogen and oxygen atoms in total. The molecule has 3 aromatic rings. The van der Waals surface area contributed by atoms with Crippen molar-refractivity contribution < 1.29 is 23.8 Å². The third kappa shape index (κ3) is 7.36. The van der Waals surface area contributed by atoms with Crippen LogP contribution < -0.4 is 10.1 Å². The fourth-order valence-corrected chi connectivity index (χ4v) is 4.76. The summed E-state index contributed by atoms with van der Waals surface area (Å²) >= 11 is 0. The molecule has 0 spiro atoms. The molecule has 1 aromatic heterocycles. The molecule has 4 rings (SSSR count). The van der Waals surface area contributed by atoms with Crippen molar-refractivity contribution in [3.05, 3.63) is 95.6 Å². The molecule has 37 heavy (non-hydrogen) atoms. The molecule has 0 aliphatic carbocycles. The molecule has 2 N–H and O–H groups in total. The zero-order chi connectivity index (χ0) is 26.2. The maximum atomic E-state index is 14.4. The van der Waals surface area contributed by atoms with Crippen LogP contribution in [0.1, 0.15) is 36.6 Å². The van der Waals surface area contributed by atoms with Gasteiger partial charge in [0.25, 0.3) is 0 Å². The second kappa shape index (κ2) is 12.5. The van der Waals surface area contributed by atoms with Crippen LogP contribution in [0.5, 0.6) is 5.75 Å². The minimum absolute atomic E-state index is 0.140. The zero-order valence-corrected chi connectivity index (χ0v) is 20.8. The maximum Gasteiger partial charge on any atom is 0.228 e.